The normalized spacial score (nSPS) is 14.1. The van der Waals surface area contributed by atoms with E-state index in [9.17, 15) is 8.42 Å². The maximum Gasteiger partial charge on any atom is 0.257 e. The lowest BCUT2D eigenvalue weighted by molar-refractivity contribution is 0.360. The molecule has 2 aromatic heterocycles. The number of benzene rings is 1. The zero-order valence-corrected chi connectivity index (χ0v) is 17.2. The third-order valence-corrected chi connectivity index (χ3v) is 7.50. The summed E-state index contributed by atoms with van der Waals surface area (Å²) in [6, 6.07) is 11.7. The van der Waals surface area contributed by atoms with Gasteiger partial charge in [0.05, 0.1) is 16.3 Å². The molecule has 0 atom stereocenters. The molecule has 0 spiro atoms. The number of allylic oxidation sites excluding steroid dienone is 1. The molecule has 3 aromatic rings. The molecule has 4 rings (SSSR count). The third kappa shape index (κ3) is 3.80. The van der Waals surface area contributed by atoms with Gasteiger partial charge < -0.3 is 4.42 Å². The van der Waals surface area contributed by atoms with E-state index in [4.69, 9.17) is 4.42 Å². The first kappa shape index (κ1) is 19.0. The van der Waals surface area contributed by atoms with E-state index in [1.807, 2.05) is 48.7 Å². The van der Waals surface area contributed by atoms with Gasteiger partial charge in [0.2, 0.25) is 15.9 Å². The molecule has 1 aliphatic rings. The highest BCUT2D eigenvalue weighted by atomic mass is 32.2. The minimum Gasteiger partial charge on any atom is -0.418 e. The summed E-state index contributed by atoms with van der Waals surface area (Å²) in [5, 5.41) is 10.0. The number of sulfonamides is 1. The van der Waals surface area contributed by atoms with E-state index >= 15 is 0 Å². The van der Waals surface area contributed by atoms with E-state index in [1.165, 1.54) is 21.2 Å². The van der Waals surface area contributed by atoms with Gasteiger partial charge in [0.25, 0.3) is 5.89 Å². The van der Waals surface area contributed by atoms with Crippen LogP contribution in [0.25, 0.3) is 16.8 Å². The number of aromatic nitrogens is 2. The Bertz CT molecular complexity index is 1090. The van der Waals surface area contributed by atoms with Crippen LogP contribution in [0.3, 0.4) is 0 Å². The van der Waals surface area contributed by atoms with Crippen LogP contribution in [0.5, 0.6) is 0 Å². The van der Waals surface area contributed by atoms with Gasteiger partial charge in [0.15, 0.2) is 0 Å². The molecule has 0 saturated carbocycles. The predicted molar refractivity (Wildman–Crippen MR) is 110 cm³/mol. The lowest BCUT2D eigenvalue weighted by Crippen LogP contribution is -2.33. The van der Waals surface area contributed by atoms with Crippen molar-refractivity contribution >= 4 is 27.4 Å². The number of fused-ring (bicyclic) bond motifs is 1. The SMILES string of the molecule is CCCN(Cc1nnc(-c2cccs2)o1)S(=O)(=O)C1=Cc2ccccc2CC1. The van der Waals surface area contributed by atoms with Gasteiger partial charge in [-0.05, 0) is 47.9 Å². The Morgan fingerprint density at radius 1 is 1.14 bits per heavy atom. The number of rotatable bonds is 7. The first-order chi connectivity index (χ1) is 13.6. The summed E-state index contributed by atoms with van der Waals surface area (Å²) >= 11 is 1.50. The van der Waals surface area contributed by atoms with Gasteiger partial charge in [-0.1, -0.05) is 37.3 Å². The zero-order chi connectivity index (χ0) is 19.6. The van der Waals surface area contributed by atoms with Crippen LogP contribution in [0.4, 0.5) is 0 Å². The van der Waals surface area contributed by atoms with Gasteiger partial charge in [0.1, 0.15) is 0 Å². The van der Waals surface area contributed by atoms with Crippen molar-refractivity contribution in [3.63, 3.8) is 0 Å². The monoisotopic (exact) mass is 415 g/mol. The molecule has 28 heavy (non-hydrogen) atoms. The van der Waals surface area contributed by atoms with Crippen molar-refractivity contribution in [1.29, 1.82) is 0 Å². The summed E-state index contributed by atoms with van der Waals surface area (Å²) in [6.07, 6.45) is 3.73. The maximum absolute atomic E-state index is 13.3. The molecule has 0 bridgehead atoms. The molecule has 146 valence electrons. The van der Waals surface area contributed by atoms with E-state index in [0.29, 0.717) is 36.1 Å². The average molecular weight is 416 g/mol. The highest BCUT2D eigenvalue weighted by Gasteiger charge is 2.29. The molecule has 6 nitrogen and oxygen atoms in total. The molecule has 0 amide bonds. The first-order valence-electron chi connectivity index (χ1n) is 9.23. The molecule has 8 heteroatoms. The van der Waals surface area contributed by atoms with Crippen LogP contribution < -0.4 is 0 Å². The Morgan fingerprint density at radius 2 is 2.00 bits per heavy atom. The summed E-state index contributed by atoms with van der Waals surface area (Å²) in [6.45, 7) is 2.43. The van der Waals surface area contributed by atoms with Crippen molar-refractivity contribution in [2.45, 2.75) is 32.7 Å². The Hall–Kier alpha value is -2.29. The van der Waals surface area contributed by atoms with E-state index in [2.05, 4.69) is 10.2 Å². The van der Waals surface area contributed by atoms with Gasteiger partial charge in [-0.3, -0.25) is 0 Å². The van der Waals surface area contributed by atoms with E-state index in [1.54, 1.807) is 6.08 Å². The van der Waals surface area contributed by atoms with Crippen molar-refractivity contribution in [1.82, 2.24) is 14.5 Å². The van der Waals surface area contributed by atoms with Gasteiger partial charge in [-0.25, -0.2) is 8.42 Å². The maximum atomic E-state index is 13.3. The lowest BCUT2D eigenvalue weighted by atomic mass is 9.98. The number of aryl methyl sites for hydroxylation is 1. The van der Waals surface area contributed by atoms with Gasteiger partial charge >= 0.3 is 0 Å². The highest BCUT2D eigenvalue weighted by Crippen LogP contribution is 2.30. The molecule has 1 aliphatic carbocycles. The van der Waals surface area contributed by atoms with E-state index in [-0.39, 0.29) is 6.54 Å². The van der Waals surface area contributed by atoms with Crippen LogP contribution in [0, 0.1) is 0 Å². The second-order valence-electron chi connectivity index (χ2n) is 6.63. The first-order valence-corrected chi connectivity index (χ1v) is 11.5. The molecular formula is C20H21N3O3S2. The topological polar surface area (TPSA) is 76.3 Å². The fourth-order valence-corrected chi connectivity index (χ4v) is 5.59. The number of hydrogen-bond acceptors (Lipinski definition) is 6. The average Bonchev–Trinajstić information content (AvgIpc) is 3.39. The summed E-state index contributed by atoms with van der Waals surface area (Å²) < 4.78 is 33.7. The summed E-state index contributed by atoms with van der Waals surface area (Å²) in [4.78, 5) is 1.31. The minimum atomic E-state index is -3.60. The van der Waals surface area contributed by atoms with Crippen molar-refractivity contribution < 1.29 is 12.8 Å². The van der Waals surface area contributed by atoms with E-state index in [0.717, 1.165) is 16.9 Å². The second-order valence-corrected chi connectivity index (χ2v) is 9.56. The van der Waals surface area contributed by atoms with Crippen LogP contribution in [-0.2, 0) is 23.0 Å². The fourth-order valence-electron chi connectivity index (χ4n) is 3.28. The molecule has 0 radical (unpaired) electrons. The highest BCUT2D eigenvalue weighted by molar-refractivity contribution is 7.93. The van der Waals surface area contributed by atoms with Crippen molar-refractivity contribution in [2.75, 3.05) is 6.54 Å². The quantitative estimate of drug-likeness (QED) is 0.574. The molecule has 1 aromatic carbocycles. The Labute approximate surface area is 168 Å². The second kappa shape index (κ2) is 7.98. The van der Waals surface area contributed by atoms with Crippen molar-refractivity contribution in [2.24, 2.45) is 0 Å². The Morgan fingerprint density at radius 3 is 2.79 bits per heavy atom. The number of hydrogen-bond donors (Lipinski definition) is 0. The molecule has 0 saturated heterocycles. The van der Waals surface area contributed by atoms with Crippen LogP contribution in [0.2, 0.25) is 0 Å². The zero-order valence-electron chi connectivity index (χ0n) is 15.5. The molecule has 0 fully saturated rings. The molecule has 0 unspecified atom stereocenters. The summed E-state index contributed by atoms with van der Waals surface area (Å²) in [5.41, 5.74) is 2.16. The predicted octanol–water partition coefficient (Wildman–Crippen LogP) is 4.33. The minimum absolute atomic E-state index is 0.0769. The van der Waals surface area contributed by atoms with Gasteiger partial charge in [-0.15, -0.1) is 21.5 Å². The molecule has 2 heterocycles. The lowest BCUT2D eigenvalue weighted by Gasteiger charge is -2.24. The fraction of sp³-hybridized carbons (Fsp3) is 0.300. The Balaban J connectivity index is 1.60. The molecule has 0 N–H and O–H groups in total. The van der Waals surface area contributed by atoms with Crippen molar-refractivity contribution in [3.05, 3.63) is 63.7 Å². The molecule has 0 aliphatic heterocycles. The van der Waals surface area contributed by atoms with Gasteiger partial charge in [-0.2, -0.15) is 4.31 Å². The van der Waals surface area contributed by atoms with Gasteiger partial charge in [0, 0.05) is 6.54 Å². The van der Waals surface area contributed by atoms with Crippen molar-refractivity contribution in [3.8, 4) is 10.8 Å². The summed E-state index contributed by atoms with van der Waals surface area (Å²) in [7, 11) is -3.60. The van der Waals surface area contributed by atoms with Crippen LogP contribution in [-0.4, -0.2) is 29.5 Å². The summed E-state index contributed by atoms with van der Waals surface area (Å²) in [5.74, 6) is 0.724. The van der Waals surface area contributed by atoms with Crippen LogP contribution >= 0.6 is 11.3 Å². The van der Waals surface area contributed by atoms with E-state index < -0.39 is 10.0 Å². The van der Waals surface area contributed by atoms with Crippen LogP contribution in [0.1, 0.15) is 36.8 Å². The number of nitrogens with zero attached hydrogens (tertiary/aromatic N) is 3. The van der Waals surface area contributed by atoms with Crippen LogP contribution in [0.15, 0.2) is 51.1 Å². The third-order valence-electron chi connectivity index (χ3n) is 4.67. The smallest absolute Gasteiger partial charge is 0.257 e. The Kier molecular flexibility index (Phi) is 5.43. The molecular weight excluding hydrogens is 394 g/mol. The number of thiophene rings is 1. The standard InChI is InChI=1S/C20H21N3O3S2/c1-2-11-23(14-19-21-22-20(26-19)18-8-5-12-27-18)28(24,25)17-10-9-15-6-3-4-7-16(15)13-17/h3-8,12-13H,2,9-11,14H2,1H3. The largest absolute Gasteiger partial charge is 0.418 e.